The zero-order chi connectivity index (χ0) is 32.5. The minimum atomic E-state index is -4.34. The number of anilines is 1. The topological polar surface area (TPSA) is 86.8 Å². The van der Waals surface area contributed by atoms with Crippen molar-refractivity contribution >= 4 is 27.5 Å². The molecule has 7 nitrogen and oxygen atoms in total. The van der Waals surface area contributed by atoms with E-state index in [1.807, 2.05) is 30.3 Å². The molecule has 0 bridgehead atoms. The Hall–Kier alpha value is -4.57. The Morgan fingerprint density at radius 3 is 1.91 bits per heavy atom. The van der Waals surface area contributed by atoms with Crippen molar-refractivity contribution in [1.29, 1.82) is 0 Å². The van der Waals surface area contributed by atoms with Gasteiger partial charge in [-0.05, 0) is 72.5 Å². The van der Waals surface area contributed by atoms with Crippen LogP contribution in [-0.2, 0) is 32.6 Å². The van der Waals surface area contributed by atoms with E-state index in [0.717, 1.165) is 66.2 Å². The van der Waals surface area contributed by atoms with Gasteiger partial charge in [0.15, 0.2) is 0 Å². The van der Waals surface area contributed by atoms with Crippen LogP contribution in [0.15, 0.2) is 114 Å². The Balaban J connectivity index is 1.54. The van der Waals surface area contributed by atoms with Crippen LogP contribution in [0.3, 0.4) is 0 Å². The van der Waals surface area contributed by atoms with E-state index in [1.165, 1.54) is 17.0 Å². The summed E-state index contributed by atoms with van der Waals surface area (Å²) in [5, 5.41) is 3.16. The van der Waals surface area contributed by atoms with Crippen molar-refractivity contribution in [3.8, 4) is 0 Å². The number of benzene rings is 4. The number of hydrogen-bond acceptors (Lipinski definition) is 4. The molecule has 0 spiro atoms. The van der Waals surface area contributed by atoms with Gasteiger partial charge in [-0.3, -0.25) is 13.9 Å². The molecule has 1 atom stereocenters. The zero-order valence-corrected chi connectivity index (χ0v) is 26.2. The van der Waals surface area contributed by atoms with Gasteiger partial charge in [-0.25, -0.2) is 17.2 Å². The first-order valence-corrected chi connectivity index (χ1v) is 16.9. The van der Waals surface area contributed by atoms with Gasteiger partial charge < -0.3 is 10.2 Å². The molecular formula is C36H37F2N3O4S. The lowest BCUT2D eigenvalue weighted by Gasteiger charge is -2.35. The lowest BCUT2D eigenvalue weighted by Crippen LogP contribution is -2.55. The van der Waals surface area contributed by atoms with Gasteiger partial charge in [-0.1, -0.05) is 79.9 Å². The summed E-state index contributed by atoms with van der Waals surface area (Å²) in [6.45, 7) is -0.694. The van der Waals surface area contributed by atoms with Crippen LogP contribution < -0.4 is 9.62 Å². The molecule has 5 rings (SSSR count). The Morgan fingerprint density at radius 1 is 0.739 bits per heavy atom. The van der Waals surface area contributed by atoms with Crippen molar-refractivity contribution in [2.45, 2.75) is 62.0 Å². The minimum absolute atomic E-state index is 0.0260. The number of carbonyl (C=O) groups excluding carboxylic acids is 2. The minimum Gasteiger partial charge on any atom is -0.352 e. The molecule has 46 heavy (non-hydrogen) atoms. The molecule has 1 saturated carbocycles. The second-order valence-electron chi connectivity index (χ2n) is 11.5. The smallest absolute Gasteiger partial charge is 0.264 e. The second-order valence-corrected chi connectivity index (χ2v) is 13.4. The number of para-hydroxylation sites is 1. The van der Waals surface area contributed by atoms with Crippen LogP contribution in [0.1, 0.15) is 43.2 Å². The van der Waals surface area contributed by atoms with E-state index in [9.17, 15) is 26.8 Å². The monoisotopic (exact) mass is 645 g/mol. The van der Waals surface area contributed by atoms with Gasteiger partial charge in [0.25, 0.3) is 10.0 Å². The predicted octanol–water partition coefficient (Wildman–Crippen LogP) is 6.25. The van der Waals surface area contributed by atoms with E-state index in [2.05, 4.69) is 5.32 Å². The summed E-state index contributed by atoms with van der Waals surface area (Å²) >= 11 is 0. The van der Waals surface area contributed by atoms with E-state index in [4.69, 9.17) is 0 Å². The third-order valence-corrected chi connectivity index (χ3v) is 10.0. The number of hydrogen-bond donors (Lipinski definition) is 1. The van der Waals surface area contributed by atoms with Crippen LogP contribution in [0.2, 0.25) is 0 Å². The molecule has 4 aromatic rings. The van der Waals surface area contributed by atoms with Crippen LogP contribution in [0.4, 0.5) is 14.5 Å². The van der Waals surface area contributed by atoms with Crippen LogP contribution in [0.25, 0.3) is 0 Å². The highest BCUT2D eigenvalue weighted by atomic mass is 32.2. The number of rotatable bonds is 12. The van der Waals surface area contributed by atoms with Crippen molar-refractivity contribution in [3.05, 3.63) is 132 Å². The normalized spacial score (nSPS) is 14.3. The number of nitrogens with one attached hydrogen (secondary N) is 1. The van der Waals surface area contributed by atoms with E-state index < -0.39 is 40.2 Å². The summed E-state index contributed by atoms with van der Waals surface area (Å²) in [5.41, 5.74) is 1.63. The highest BCUT2D eigenvalue weighted by Crippen LogP contribution is 2.26. The molecule has 240 valence electrons. The molecule has 0 aromatic heterocycles. The highest BCUT2D eigenvalue weighted by molar-refractivity contribution is 7.92. The number of amides is 2. The van der Waals surface area contributed by atoms with Crippen molar-refractivity contribution < 1.29 is 26.8 Å². The number of carbonyl (C=O) groups is 2. The maximum atomic E-state index is 14.5. The second kappa shape index (κ2) is 15.1. The van der Waals surface area contributed by atoms with Crippen molar-refractivity contribution in [2.75, 3.05) is 10.8 Å². The van der Waals surface area contributed by atoms with Crippen molar-refractivity contribution in [2.24, 2.45) is 0 Å². The molecule has 0 aliphatic heterocycles. The molecule has 0 saturated heterocycles. The van der Waals surface area contributed by atoms with Gasteiger partial charge in [0.05, 0.1) is 10.6 Å². The number of halogens is 2. The molecule has 1 fully saturated rings. The zero-order valence-electron chi connectivity index (χ0n) is 25.4. The number of sulfonamides is 1. The summed E-state index contributed by atoms with van der Waals surface area (Å²) < 4.78 is 56.5. The van der Waals surface area contributed by atoms with Crippen molar-refractivity contribution in [1.82, 2.24) is 10.2 Å². The van der Waals surface area contributed by atoms with Crippen LogP contribution in [-0.4, -0.2) is 43.8 Å². The van der Waals surface area contributed by atoms with Gasteiger partial charge in [0, 0.05) is 19.0 Å². The highest BCUT2D eigenvalue weighted by Gasteiger charge is 2.35. The first kappa shape index (κ1) is 32.8. The number of nitrogens with zero attached hydrogens (tertiary/aromatic N) is 2. The van der Waals surface area contributed by atoms with Gasteiger partial charge in [0.2, 0.25) is 11.8 Å². The Morgan fingerprint density at radius 2 is 1.30 bits per heavy atom. The quantitative estimate of drug-likeness (QED) is 0.197. The first-order chi connectivity index (χ1) is 22.2. The fourth-order valence-electron chi connectivity index (χ4n) is 5.74. The Kier molecular flexibility index (Phi) is 10.8. The first-order valence-electron chi connectivity index (χ1n) is 15.4. The molecule has 1 aliphatic rings. The summed E-state index contributed by atoms with van der Waals surface area (Å²) in [7, 11) is -4.34. The Bertz CT molecular complexity index is 1700. The van der Waals surface area contributed by atoms with Crippen molar-refractivity contribution in [3.63, 3.8) is 0 Å². The Labute approximate surface area is 268 Å². The van der Waals surface area contributed by atoms with Gasteiger partial charge in [-0.2, -0.15) is 0 Å². The molecule has 0 heterocycles. The molecule has 1 aliphatic carbocycles. The molecule has 2 amide bonds. The fraction of sp³-hybridized carbons (Fsp3) is 0.278. The molecule has 1 N–H and O–H groups in total. The summed E-state index contributed by atoms with van der Waals surface area (Å²) in [4.78, 5) is 29.7. The van der Waals surface area contributed by atoms with Crippen LogP contribution in [0, 0.1) is 11.6 Å². The third-order valence-electron chi connectivity index (χ3n) is 8.21. The molecule has 4 aromatic carbocycles. The average molecular weight is 646 g/mol. The van der Waals surface area contributed by atoms with E-state index >= 15 is 0 Å². The van der Waals surface area contributed by atoms with E-state index in [-0.39, 0.29) is 35.5 Å². The van der Waals surface area contributed by atoms with Gasteiger partial charge in [-0.15, -0.1) is 0 Å². The van der Waals surface area contributed by atoms with E-state index in [1.54, 1.807) is 42.5 Å². The maximum absolute atomic E-state index is 14.5. The predicted molar refractivity (Wildman–Crippen MR) is 173 cm³/mol. The molecular weight excluding hydrogens is 608 g/mol. The fourth-order valence-corrected chi connectivity index (χ4v) is 7.16. The summed E-state index contributed by atoms with van der Waals surface area (Å²) in [6, 6.07) is 26.5. The molecule has 10 heteroatoms. The average Bonchev–Trinajstić information content (AvgIpc) is 3.07. The molecule has 0 unspecified atom stereocenters. The lowest BCUT2D eigenvalue weighted by atomic mass is 9.94. The van der Waals surface area contributed by atoms with Gasteiger partial charge in [0.1, 0.15) is 24.2 Å². The summed E-state index contributed by atoms with van der Waals surface area (Å²) in [6.07, 6.45) is 4.97. The SMILES string of the molecule is O=C(NC1CCCCC1)[C@@H](Cc1ccccc1)N(Cc1ccc(F)cc1)C(=O)CN(c1ccccc1)S(=O)(=O)c1ccc(F)cc1. The summed E-state index contributed by atoms with van der Waals surface area (Å²) in [5.74, 6) is -2.00. The third kappa shape index (κ3) is 8.37. The van der Waals surface area contributed by atoms with Crippen LogP contribution in [0.5, 0.6) is 0 Å². The largest absolute Gasteiger partial charge is 0.352 e. The van der Waals surface area contributed by atoms with Gasteiger partial charge >= 0.3 is 0 Å². The standard InChI is InChI=1S/C36H37F2N3O4S/c37-29-18-16-28(17-19-29)25-40(34(24-27-10-4-1-5-11-27)36(43)39-31-12-6-2-7-13-31)35(42)26-41(32-14-8-3-9-15-32)46(44,45)33-22-20-30(38)21-23-33/h1,3-5,8-11,14-23,31,34H,2,6-7,12-13,24-26H2,(H,39,43)/t34-/m1/s1. The van der Waals surface area contributed by atoms with Crippen LogP contribution >= 0.6 is 0 Å². The van der Waals surface area contributed by atoms with E-state index in [0.29, 0.717) is 5.56 Å². The lowest BCUT2D eigenvalue weighted by molar-refractivity contribution is -0.140. The molecule has 0 radical (unpaired) electrons. The maximum Gasteiger partial charge on any atom is 0.264 e.